The van der Waals surface area contributed by atoms with E-state index in [0.717, 1.165) is 37.5 Å². The van der Waals surface area contributed by atoms with E-state index in [1.54, 1.807) is 0 Å². The lowest BCUT2D eigenvalue weighted by atomic mass is 10.0. The average Bonchev–Trinajstić information content (AvgIpc) is 2.73. The summed E-state index contributed by atoms with van der Waals surface area (Å²) in [6, 6.07) is 1.94. The minimum atomic E-state index is -0.0569. The molecule has 1 aliphatic rings. The molecule has 2 heterocycles. The van der Waals surface area contributed by atoms with Gasteiger partial charge in [-0.2, -0.15) is 4.98 Å². The molecular weight excluding hydrogens is 216 g/mol. The molecule has 1 aliphatic heterocycles. The van der Waals surface area contributed by atoms with Crippen molar-refractivity contribution in [3.63, 3.8) is 0 Å². The number of hydrogen-bond acceptors (Lipinski definition) is 5. The molecule has 0 radical (unpaired) electrons. The van der Waals surface area contributed by atoms with Crippen molar-refractivity contribution in [1.29, 1.82) is 0 Å². The van der Waals surface area contributed by atoms with E-state index in [4.69, 9.17) is 4.74 Å². The lowest BCUT2D eigenvalue weighted by Gasteiger charge is -2.23. The van der Waals surface area contributed by atoms with Gasteiger partial charge < -0.3 is 15.4 Å². The van der Waals surface area contributed by atoms with E-state index in [1.807, 2.05) is 20.0 Å². The van der Waals surface area contributed by atoms with Crippen LogP contribution in [-0.4, -0.2) is 35.8 Å². The molecule has 94 valence electrons. The maximum Gasteiger partial charge on any atom is 0.224 e. The lowest BCUT2D eigenvalue weighted by molar-refractivity contribution is 0.0315. The molecule has 1 aromatic rings. The molecule has 1 fully saturated rings. The van der Waals surface area contributed by atoms with Gasteiger partial charge in [0.1, 0.15) is 5.82 Å². The highest BCUT2D eigenvalue weighted by Gasteiger charge is 2.29. The van der Waals surface area contributed by atoms with E-state index < -0.39 is 0 Å². The van der Waals surface area contributed by atoms with Crippen LogP contribution in [0.1, 0.15) is 25.5 Å². The normalized spacial score (nSPS) is 23.7. The first kappa shape index (κ1) is 12.1. The Morgan fingerprint density at radius 3 is 2.94 bits per heavy atom. The third kappa shape index (κ3) is 3.06. The molecule has 1 aromatic heterocycles. The maximum absolute atomic E-state index is 5.73. The van der Waals surface area contributed by atoms with Crippen LogP contribution in [-0.2, 0) is 4.74 Å². The van der Waals surface area contributed by atoms with E-state index in [-0.39, 0.29) is 5.60 Å². The van der Waals surface area contributed by atoms with Gasteiger partial charge in [-0.3, -0.25) is 0 Å². The second kappa shape index (κ2) is 4.87. The van der Waals surface area contributed by atoms with E-state index in [0.29, 0.717) is 5.95 Å². The highest BCUT2D eigenvalue weighted by molar-refractivity contribution is 5.42. The number of nitrogens with zero attached hydrogens (tertiary/aromatic N) is 2. The van der Waals surface area contributed by atoms with Crippen LogP contribution in [0.4, 0.5) is 11.8 Å². The topological polar surface area (TPSA) is 59.1 Å². The van der Waals surface area contributed by atoms with Crippen LogP contribution in [0, 0.1) is 6.92 Å². The quantitative estimate of drug-likeness (QED) is 0.835. The van der Waals surface area contributed by atoms with Crippen LogP contribution in [0.15, 0.2) is 6.07 Å². The number of ether oxygens (including phenoxy) is 1. The summed E-state index contributed by atoms with van der Waals surface area (Å²) in [6.07, 6.45) is 2.24. The fourth-order valence-corrected chi connectivity index (χ4v) is 2.02. The van der Waals surface area contributed by atoms with E-state index in [1.165, 1.54) is 0 Å². The molecule has 17 heavy (non-hydrogen) atoms. The molecule has 5 heteroatoms. The third-order valence-corrected chi connectivity index (χ3v) is 3.02. The van der Waals surface area contributed by atoms with Crippen molar-refractivity contribution in [3.8, 4) is 0 Å². The minimum Gasteiger partial charge on any atom is -0.373 e. The molecule has 2 rings (SSSR count). The van der Waals surface area contributed by atoms with Crippen molar-refractivity contribution in [2.75, 3.05) is 30.8 Å². The summed E-state index contributed by atoms with van der Waals surface area (Å²) in [4.78, 5) is 8.61. The SMILES string of the molecule is CNc1nc(C)cc(NCC2(C)CCCO2)n1. The van der Waals surface area contributed by atoms with Gasteiger partial charge in [0.15, 0.2) is 0 Å². The van der Waals surface area contributed by atoms with Crippen molar-refractivity contribution < 1.29 is 4.74 Å². The molecule has 0 spiro atoms. The molecule has 0 amide bonds. The molecule has 0 saturated carbocycles. The van der Waals surface area contributed by atoms with Gasteiger partial charge in [0.2, 0.25) is 5.95 Å². The molecular formula is C12H20N4O. The smallest absolute Gasteiger partial charge is 0.224 e. The van der Waals surface area contributed by atoms with Crippen LogP contribution < -0.4 is 10.6 Å². The van der Waals surface area contributed by atoms with Gasteiger partial charge in [-0.1, -0.05) is 0 Å². The first-order valence-electron chi connectivity index (χ1n) is 6.03. The van der Waals surface area contributed by atoms with Crippen LogP contribution >= 0.6 is 0 Å². The van der Waals surface area contributed by atoms with E-state index >= 15 is 0 Å². The summed E-state index contributed by atoms with van der Waals surface area (Å²) in [5, 5.41) is 6.28. The van der Waals surface area contributed by atoms with Crippen molar-refractivity contribution >= 4 is 11.8 Å². The number of anilines is 2. The fraction of sp³-hybridized carbons (Fsp3) is 0.667. The summed E-state index contributed by atoms with van der Waals surface area (Å²) in [5.74, 6) is 1.49. The summed E-state index contributed by atoms with van der Waals surface area (Å²) >= 11 is 0. The molecule has 1 unspecified atom stereocenters. The molecule has 0 aliphatic carbocycles. The predicted molar refractivity (Wildman–Crippen MR) is 68.4 cm³/mol. The highest BCUT2D eigenvalue weighted by atomic mass is 16.5. The van der Waals surface area contributed by atoms with E-state index in [9.17, 15) is 0 Å². The summed E-state index contributed by atoms with van der Waals surface area (Å²) in [7, 11) is 1.82. The number of hydrogen-bond donors (Lipinski definition) is 2. The molecule has 1 saturated heterocycles. The maximum atomic E-state index is 5.73. The number of aromatic nitrogens is 2. The highest BCUT2D eigenvalue weighted by Crippen LogP contribution is 2.25. The fourth-order valence-electron chi connectivity index (χ4n) is 2.02. The second-order valence-electron chi connectivity index (χ2n) is 4.72. The zero-order valence-corrected chi connectivity index (χ0v) is 10.7. The number of rotatable bonds is 4. The largest absolute Gasteiger partial charge is 0.373 e. The summed E-state index contributed by atoms with van der Waals surface area (Å²) in [6.45, 7) is 5.75. The van der Waals surface area contributed by atoms with Crippen molar-refractivity contribution in [1.82, 2.24) is 9.97 Å². The van der Waals surface area contributed by atoms with Gasteiger partial charge in [-0.25, -0.2) is 4.98 Å². The van der Waals surface area contributed by atoms with Gasteiger partial charge in [0.05, 0.1) is 5.60 Å². The molecule has 0 bridgehead atoms. The number of aryl methyl sites for hydroxylation is 1. The predicted octanol–water partition coefficient (Wildman–Crippen LogP) is 1.81. The molecule has 2 N–H and O–H groups in total. The van der Waals surface area contributed by atoms with Gasteiger partial charge in [0, 0.05) is 32.0 Å². The van der Waals surface area contributed by atoms with Gasteiger partial charge >= 0.3 is 0 Å². The number of nitrogens with one attached hydrogen (secondary N) is 2. The minimum absolute atomic E-state index is 0.0569. The van der Waals surface area contributed by atoms with Crippen LogP contribution in [0.2, 0.25) is 0 Å². The Bertz CT molecular complexity index is 388. The lowest BCUT2D eigenvalue weighted by Crippen LogP contribution is -2.32. The third-order valence-electron chi connectivity index (χ3n) is 3.02. The van der Waals surface area contributed by atoms with Crippen molar-refractivity contribution in [2.24, 2.45) is 0 Å². The van der Waals surface area contributed by atoms with Crippen LogP contribution in [0.3, 0.4) is 0 Å². The summed E-state index contributed by atoms with van der Waals surface area (Å²) < 4.78 is 5.73. The molecule has 0 aromatic carbocycles. The van der Waals surface area contributed by atoms with Crippen molar-refractivity contribution in [3.05, 3.63) is 11.8 Å². The zero-order valence-electron chi connectivity index (χ0n) is 10.7. The monoisotopic (exact) mass is 236 g/mol. The molecule has 5 nitrogen and oxygen atoms in total. The Labute approximate surface area is 102 Å². The van der Waals surface area contributed by atoms with E-state index in [2.05, 4.69) is 27.5 Å². The van der Waals surface area contributed by atoms with Gasteiger partial charge in [0.25, 0.3) is 0 Å². The zero-order chi connectivity index (χ0) is 12.3. The first-order chi connectivity index (χ1) is 8.11. The van der Waals surface area contributed by atoms with Gasteiger partial charge in [-0.15, -0.1) is 0 Å². The average molecular weight is 236 g/mol. The Kier molecular flexibility index (Phi) is 3.47. The Morgan fingerprint density at radius 2 is 2.29 bits per heavy atom. The van der Waals surface area contributed by atoms with Crippen LogP contribution in [0.5, 0.6) is 0 Å². The standard InChI is InChI=1S/C12H20N4O/c1-9-7-10(16-11(13-3)15-9)14-8-12(2)5-4-6-17-12/h7H,4-6,8H2,1-3H3,(H2,13,14,15,16). The van der Waals surface area contributed by atoms with Crippen molar-refractivity contribution in [2.45, 2.75) is 32.3 Å². The van der Waals surface area contributed by atoms with Gasteiger partial charge in [-0.05, 0) is 26.7 Å². The second-order valence-corrected chi connectivity index (χ2v) is 4.72. The Morgan fingerprint density at radius 1 is 1.47 bits per heavy atom. The Balaban J connectivity index is 2.00. The summed E-state index contributed by atoms with van der Waals surface area (Å²) in [5.41, 5.74) is 0.892. The van der Waals surface area contributed by atoms with Crippen LogP contribution in [0.25, 0.3) is 0 Å². The Hall–Kier alpha value is -1.36. The first-order valence-corrected chi connectivity index (χ1v) is 6.03. The molecule has 1 atom stereocenters.